The smallest absolute Gasteiger partial charge is 0.231 e. The zero-order valence-corrected chi connectivity index (χ0v) is 13.8. The maximum absolute atomic E-state index is 10.2. The van der Waals surface area contributed by atoms with Gasteiger partial charge in [-0.1, -0.05) is 6.07 Å². The SMILES string of the molecule is C[C@@H]1C[NH+](C[C@H](O)COCc2ccc3c(c2)OCO3)C[C@H](C)O1. The Morgan fingerprint density at radius 3 is 2.74 bits per heavy atom. The Morgan fingerprint density at radius 2 is 1.96 bits per heavy atom. The summed E-state index contributed by atoms with van der Waals surface area (Å²) in [7, 11) is 0. The van der Waals surface area contributed by atoms with Crippen molar-refractivity contribution in [2.75, 3.05) is 33.0 Å². The molecule has 0 amide bonds. The van der Waals surface area contributed by atoms with E-state index in [4.69, 9.17) is 18.9 Å². The molecular weight excluding hydrogens is 298 g/mol. The minimum absolute atomic E-state index is 0.246. The minimum Gasteiger partial charge on any atom is -0.454 e. The zero-order valence-electron chi connectivity index (χ0n) is 13.8. The zero-order chi connectivity index (χ0) is 16.2. The first-order valence-electron chi connectivity index (χ1n) is 8.23. The molecular formula is C17H26NO5+. The van der Waals surface area contributed by atoms with Crippen LogP contribution in [0.1, 0.15) is 19.4 Å². The van der Waals surface area contributed by atoms with Crippen LogP contribution < -0.4 is 14.4 Å². The molecule has 0 saturated carbocycles. The van der Waals surface area contributed by atoms with Crippen molar-refractivity contribution in [2.45, 2.75) is 38.8 Å². The highest BCUT2D eigenvalue weighted by Gasteiger charge is 2.27. The van der Waals surface area contributed by atoms with Crippen molar-refractivity contribution >= 4 is 0 Å². The van der Waals surface area contributed by atoms with Gasteiger partial charge in [-0.05, 0) is 31.5 Å². The predicted octanol–water partition coefficient (Wildman–Crippen LogP) is -0.0151. The number of benzene rings is 1. The van der Waals surface area contributed by atoms with Gasteiger partial charge in [-0.3, -0.25) is 0 Å². The second-order valence-corrected chi connectivity index (χ2v) is 6.48. The molecule has 0 bridgehead atoms. The normalized spacial score (nSPS) is 27.9. The van der Waals surface area contributed by atoms with Crippen LogP contribution >= 0.6 is 0 Å². The Morgan fingerprint density at radius 1 is 1.22 bits per heavy atom. The first kappa shape index (κ1) is 16.5. The highest BCUT2D eigenvalue weighted by atomic mass is 16.7. The van der Waals surface area contributed by atoms with Gasteiger partial charge in [-0.15, -0.1) is 0 Å². The molecule has 1 aromatic rings. The van der Waals surface area contributed by atoms with Crippen molar-refractivity contribution in [3.05, 3.63) is 23.8 Å². The fourth-order valence-electron chi connectivity index (χ4n) is 3.29. The Labute approximate surface area is 136 Å². The summed E-state index contributed by atoms with van der Waals surface area (Å²) in [6.45, 7) is 7.79. The van der Waals surface area contributed by atoms with Crippen LogP contribution in [-0.4, -0.2) is 56.5 Å². The third kappa shape index (κ3) is 4.57. The molecule has 2 aliphatic rings. The average molecular weight is 324 g/mol. The van der Waals surface area contributed by atoms with Crippen molar-refractivity contribution in [3.8, 4) is 11.5 Å². The van der Waals surface area contributed by atoms with E-state index in [1.54, 1.807) is 0 Å². The quantitative estimate of drug-likeness (QED) is 0.770. The summed E-state index contributed by atoms with van der Waals surface area (Å²) < 4.78 is 22.0. The fraction of sp³-hybridized carbons (Fsp3) is 0.647. The summed E-state index contributed by atoms with van der Waals surface area (Å²) in [5, 5.41) is 10.2. The van der Waals surface area contributed by atoms with E-state index in [1.807, 2.05) is 18.2 Å². The number of morpholine rings is 1. The number of fused-ring (bicyclic) bond motifs is 1. The first-order valence-corrected chi connectivity index (χ1v) is 8.23. The second kappa shape index (κ2) is 7.49. The molecule has 1 saturated heterocycles. The lowest BCUT2D eigenvalue weighted by Crippen LogP contribution is -3.16. The van der Waals surface area contributed by atoms with Gasteiger partial charge in [0.15, 0.2) is 11.5 Å². The largest absolute Gasteiger partial charge is 0.454 e. The van der Waals surface area contributed by atoms with E-state index in [0.29, 0.717) is 19.8 Å². The van der Waals surface area contributed by atoms with E-state index in [0.717, 1.165) is 30.2 Å². The van der Waals surface area contributed by atoms with Gasteiger partial charge in [0.1, 0.15) is 37.9 Å². The predicted molar refractivity (Wildman–Crippen MR) is 83.8 cm³/mol. The number of nitrogens with one attached hydrogen (secondary N) is 1. The number of rotatable bonds is 6. The van der Waals surface area contributed by atoms with Gasteiger partial charge in [0.05, 0.1) is 13.2 Å². The Bertz CT molecular complexity index is 514. The van der Waals surface area contributed by atoms with Gasteiger partial charge in [-0.25, -0.2) is 0 Å². The molecule has 2 aliphatic heterocycles. The third-order valence-corrected chi connectivity index (χ3v) is 4.16. The molecule has 3 rings (SSSR count). The molecule has 1 fully saturated rings. The minimum atomic E-state index is -0.462. The molecule has 23 heavy (non-hydrogen) atoms. The van der Waals surface area contributed by atoms with Crippen molar-refractivity contribution in [3.63, 3.8) is 0 Å². The van der Waals surface area contributed by atoms with Gasteiger partial charge >= 0.3 is 0 Å². The molecule has 0 aromatic heterocycles. The van der Waals surface area contributed by atoms with Crippen molar-refractivity contribution in [2.24, 2.45) is 0 Å². The van der Waals surface area contributed by atoms with Gasteiger partial charge in [0, 0.05) is 0 Å². The molecule has 0 aliphatic carbocycles. The van der Waals surface area contributed by atoms with Crippen molar-refractivity contribution < 1.29 is 29.0 Å². The number of aliphatic hydroxyl groups excluding tert-OH is 1. The highest BCUT2D eigenvalue weighted by molar-refractivity contribution is 5.44. The topological polar surface area (TPSA) is 61.6 Å². The molecule has 128 valence electrons. The maximum Gasteiger partial charge on any atom is 0.231 e. The van der Waals surface area contributed by atoms with Gasteiger partial charge < -0.3 is 29.0 Å². The number of hydrogen-bond acceptors (Lipinski definition) is 5. The van der Waals surface area contributed by atoms with E-state index < -0.39 is 6.10 Å². The summed E-state index contributed by atoms with van der Waals surface area (Å²) in [5.74, 6) is 1.53. The monoisotopic (exact) mass is 324 g/mol. The molecule has 2 heterocycles. The van der Waals surface area contributed by atoms with Crippen LogP contribution in [0.25, 0.3) is 0 Å². The van der Waals surface area contributed by atoms with E-state index >= 15 is 0 Å². The number of aliphatic hydroxyl groups is 1. The summed E-state index contributed by atoms with van der Waals surface area (Å²) >= 11 is 0. The summed E-state index contributed by atoms with van der Waals surface area (Å²) in [4.78, 5) is 1.37. The number of hydrogen-bond donors (Lipinski definition) is 2. The molecule has 1 aromatic carbocycles. The van der Waals surface area contributed by atoms with Crippen LogP contribution in [0.15, 0.2) is 18.2 Å². The van der Waals surface area contributed by atoms with E-state index in [9.17, 15) is 5.11 Å². The van der Waals surface area contributed by atoms with Crippen LogP contribution in [-0.2, 0) is 16.1 Å². The average Bonchev–Trinajstić information content (AvgIpc) is 2.93. The van der Waals surface area contributed by atoms with Gasteiger partial charge in [-0.2, -0.15) is 0 Å². The van der Waals surface area contributed by atoms with Crippen LogP contribution in [0, 0.1) is 0 Å². The molecule has 4 atom stereocenters. The molecule has 0 radical (unpaired) electrons. The maximum atomic E-state index is 10.2. The second-order valence-electron chi connectivity index (χ2n) is 6.48. The number of quaternary nitrogens is 1. The lowest BCUT2D eigenvalue weighted by molar-refractivity contribution is -0.918. The van der Waals surface area contributed by atoms with E-state index in [2.05, 4.69) is 13.8 Å². The summed E-state index contributed by atoms with van der Waals surface area (Å²) in [5.41, 5.74) is 1.02. The lowest BCUT2D eigenvalue weighted by Gasteiger charge is -2.33. The van der Waals surface area contributed by atoms with E-state index in [1.165, 1.54) is 4.90 Å². The van der Waals surface area contributed by atoms with Gasteiger partial charge in [0.25, 0.3) is 0 Å². The summed E-state index contributed by atoms with van der Waals surface area (Å²) in [6, 6.07) is 5.76. The van der Waals surface area contributed by atoms with Crippen LogP contribution in [0.2, 0.25) is 0 Å². The van der Waals surface area contributed by atoms with E-state index in [-0.39, 0.29) is 19.0 Å². The molecule has 2 N–H and O–H groups in total. The molecule has 6 heteroatoms. The van der Waals surface area contributed by atoms with Crippen molar-refractivity contribution in [1.82, 2.24) is 0 Å². The Balaban J connectivity index is 1.40. The molecule has 1 unspecified atom stereocenters. The highest BCUT2D eigenvalue weighted by Crippen LogP contribution is 2.32. The Kier molecular flexibility index (Phi) is 5.38. The fourth-order valence-corrected chi connectivity index (χ4v) is 3.29. The molecule has 0 spiro atoms. The Hall–Kier alpha value is -1.34. The van der Waals surface area contributed by atoms with Crippen LogP contribution in [0.5, 0.6) is 11.5 Å². The number of ether oxygens (including phenoxy) is 4. The lowest BCUT2D eigenvalue weighted by atomic mass is 10.2. The van der Waals surface area contributed by atoms with Gasteiger partial charge in [0.2, 0.25) is 6.79 Å². The standard InChI is InChI=1S/C17H25NO5/c1-12-6-18(7-13(2)23-12)8-15(19)10-20-9-14-3-4-16-17(5-14)22-11-21-16/h3-5,12-13,15,19H,6-11H2,1-2H3/p+1/t12-,13+,15-/m0/s1. The third-order valence-electron chi connectivity index (χ3n) is 4.16. The molecule has 6 nitrogen and oxygen atoms in total. The summed E-state index contributed by atoms with van der Waals surface area (Å²) in [6.07, 6.45) is 0.0301. The van der Waals surface area contributed by atoms with Crippen LogP contribution in [0.3, 0.4) is 0 Å². The van der Waals surface area contributed by atoms with Crippen molar-refractivity contribution in [1.29, 1.82) is 0 Å². The first-order chi connectivity index (χ1) is 11.1. The van der Waals surface area contributed by atoms with Crippen LogP contribution in [0.4, 0.5) is 0 Å².